The average Bonchev–Trinajstić information content (AvgIpc) is 3.23. The molecule has 9 heteroatoms. The summed E-state index contributed by atoms with van der Waals surface area (Å²) in [5.41, 5.74) is 0.496. The number of benzene rings is 1. The lowest BCUT2D eigenvalue weighted by atomic mass is 9.97. The molecule has 0 unspecified atom stereocenters. The predicted octanol–water partition coefficient (Wildman–Crippen LogP) is 2.72. The Kier molecular flexibility index (Phi) is 4.86. The summed E-state index contributed by atoms with van der Waals surface area (Å²) in [6, 6.07) is 7.79. The third kappa shape index (κ3) is 3.40. The van der Waals surface area contributed by atoms with Gasteiger partial charge in [0.05, 0.1) is 5.56 Å². The fourth-order valence-corrected chi connectivity index (χ4v) is 3.66. The van der Waals surface area contributed by atoms with Crippen LogP contribution in [0.15, 0.2) is 48.8 Å². The second-order valence-electron chi connectivity index (χ2n) is 7.13. The number of pyridine rings is 1. The number of hydrogen-bond acceptors (Lipinski definition) is 5. The molecule has 6 nitrogen and oxygen atoms in total. The van der Waals surface area contributed by atoms with Crippen molar-refractivity contribution in [2.24, 2.45) is 0 Å². The molecular formula is C20H19F3N2O4. The van der Waals surface area contributed by atoms with Gasteiger partial charge in [-0.1, -0.05) is 12.1 Å². The number of nitrogens with zero attached hydrogens (tertiary/aromatic N) is 2. The van der Waals surface area contributed by atoms with Gasteiger partial charge in [-0.25, -0.2) is 4.98 Å². The molecule has 1 aliphatic heterocycles. The minimum atomic E-state index is -4.57. The lowest BCUT2D eigenvalue weighted by Gasteiger charge is -2.22. The zero-order valence-electron chi connectivity index (χ0n) is 15.3. The van der Waals surface area contributed by atoms with Crippen LogP contribution < -0.4 is 0 Å². The molecule has 0 aliphatic carbocycles. The molecule has 3 N–H and O–H groups in total. The lowest BCUT2D eigenvalue weighted by Crippen LogP contribution is -2.34. The number of aliphatic hydroxyl groups excluding tert-OH is 3. The van der Waals surface area contributed by atoms with Crippen LogP contribution in [0.1, 0.15) is 29.0 Å². The van der Waals surface area contributed by atoms with Crippen molar-refractivity contribution in [1.82, 2.24) is 9.55 Å². The Hall–Kier alpha value is -2.46. The fourth-order valence-electron chi connectivity index (χ4n) is 3.66. The van der Waals surface area contributed by atoms with Crippen LogP contribution in [0.2, 0.25) is 0 Å². The van der Waals surface area contributed by atoms with Gasteiger partial charge in [0.2, 0.25) is 0 Å². The van der Waals surface area contributed by atoms with Gasteiger partial charge in [-0.2, -0.15) is 13.2 Å². The SMILES string of the molecule is Cc1ccnc2c1ccn2[C@@H]1O[C@H]([C@H](O)c2cccc(C(F)(F)F)c2)[C@@H](O)[C@H]1O. The topological polar surface area (TPSA) is 87.7 Å². The Bertz CT molecular complexity index is 1040. The van der Waals surface area contributed by atoms with E-state index < -0.39 is 42.4 Å². The number of halogens is 3. The van der Waals surface area contributed by atoms with Crippen molar-refractivity contribution in [1.29, 1.82) is 0 Å². The van der Waals surface area contributed by atoms with Gasteiger partial charge in [0.25, 0.3) is 0 Å². The zero-order chi connectivity index (χ0) is 20.9. The highest BCUT2D eigenvalue weighted by Gasteiger charge is 2.47. The van der Waals surface area contributed by atoms with E-state index in [0.29, 0.717) is 5.65 Å². The van der Waals surface area contributed by atoms with Crippen molar-refractivity contribution in [2.75, 3.05) is 0 Å². The number of rotatable bonds is 3. The van der Waals surface area contributed by atoms with E-state index in [9.17, 15) is 28.5 Å². The molecule has 0 bridgehead atoms. The van der Waals surface area contributed by atoms with E-state index in [1.807, 2.05) is 13.0 Å². The van der Waals surface area contributed by atoms with Crippen LogP contribution in [-0.2, 0) is 10.9 Å². The van der Waals surface area contributed by atoms with Crippen LogP contribution in [0.25, 0.3) is 11.0 Å². The van der Waals surface area contributed by atoms with Gasteiger partial charge in [0.1, 0.15) is 30.1 Å². The third-order valence-corrected chi connectivity index (χ3v) is 5.25. The first-order chi connectivity index (χ1) is 13.7. The maximum atomic E-state index is 13.0. The summed E-state index contributed by atoms with van der Waals surface area (Å²) in [5.74, 6) is 0. The van der Waals surface area contributed by atoms with Gasteiger partial charge in [0, 0.05) is 17.8 Å². The molecule has 3 aromatic rings. The summed E-state index contributed by atoms with van der Waals surface area (Å²) in [6.07, 6.45) is -8.18. The Morgan fingerprint density at radius 2 is 1.90 bits per heavy atom. The predicted molar refractivity (Wildman–Crippen MR) is 96.8 cm³/mol. The second-order valence-corrected chi connectivity index (χ2v) is 7.13. The van der Waals surface area contributed by atoms with Gasteiger partial charge >= 0.3 is 6.18 Å². The number of alkyl halides is 3. The minimum absolute atomic E-state index is 0.0666. The first-order valence-corrected chi connectivity index (χ1v) is 8.97. The Morgan fingerprint density at radius 1 is 1.14 bits per heavy atom. The molecule has 5 atom stereocenters. The standard InChI is InChI=1S/C20H19F3N2O4/c1-10-5-7-24-18-13(10)6-8-25(18)19-16(28)15(27)17(29-19)14(26)11-3-2-4-12(9-11)20(21,22)23/h2-9,14-17,19,26-28H,1H3/t14-,15+,16-,17-,19-/m1/s1. The Labute approximate surface area is 163 Å². The molecule has 1 aliphatic rings. The quantitative estimate of drug-likeness (QED) is 0.620. The van der Waals surface area contributed by atoms with Crippen LogP contribution >= 0.6 is 0 Å². The highest BCUT2D eigenvalue weighted by molar-refractivity contribution is 5.79. The maximum Gasteiger partial charge on any atom is 0.416 e. The Morgan fingerprint density at radius 3 is 2.62 bits per heavy atom. The summed E-state index contributed by atoms with van der Waals surface area (Å²) in [5, 5.41) is 32.3. The van der Waals surface area contributed by atoms with E-state index in [1.165, 1.54) is 16.7 Å². The number of ether oxygens (including phenoxy) is 1. The molecule has 0 spiro atoms. The van der Waals surface area contributed by atoms with Crippen molar-refractivity contribution in [3.8, 4) is 0 Å². The second kappa shape index (κ2) is 7.10. The number of fused-ring (bicyclic) bond motifs is 1. The van der Waals surface area contributed by atoms with Crippen molar-refractivity contribution in [3.63, 3.8) is 0 Å². The molecule has 0 amide bonds. The van der Waals surface area contributed by atoms with Gasteiger partial charge in [-0.05, 0) is 42.3 Å². The first-order valence-electron chi connectivity index (χ1n) is 8.97. The summed E-state index contributed by atoms with van der Waals surface area (Å²) in [7, 11) is 0. The smallest absolute Gasteiger partial charge is 0.387 e. The van der Waals surface area contributed by atoms with Crippen LogP contribution in [0.5, 0.6) is 0 Å². The molecule has 29 heavy (non-hydrogen) atoms. The molecule has 1 fully saturated rings. The van der Waals surface area contributed by atoms with Crippen LogP contribution in [0.3, 0.4) is 0 Å². The zero-order valence-corrected chi connectivity index (χ0v) is 15.3. The van der Waals surface area contributed by atoms with E-state index in [-0.39, 0.29) is 5.56 Å². The summed E-state index contributed by atoms with van der Waals surface area (Å²) in [6.45, 7) is 1.90. The third-order valence-electron chi connectivity index (χ3n) is 5.25. The largest absolute Gasteiger partial charge is 0.416 e. The molecule has 4 rings (SSSR count). The highest BCUT2D eigenvalue weighted by atomic mass is 19.4. The Balaban J connectivity index is 1.64. The van der Waals surface area contributed by atoms with E-state index in [2.05, 4.69) is 4.98 Å². The van der Waals surface area contributed by atoms with Crippen molar-refractivity contribution in [2.45, 2.75) is 43.7 Å². The van der Waals surface area contributed by atoms with Crippen molar-refractivity contribution < 1.29 is 33.2 Å². The number of aromatic nitrogens is 2. The molecular weight excluding hydrogens is 389 g/mol. The first kappa shape index (κ1) is 19.8. The van der Waals surface area contributed by atoms with Gasteiger partial charge in [-0.3, -0.25) is 0 Å². The van der Waals surface area contributed by atoms with Gasteiger partial charge < -0.3 is 24.6 Å². The maximum absolute atomic E-state index is 13.0. The van der Waals surface area contributed by atoms with Crippen LogP contribution in [-0.4, -0.2) is 43.2 Å². The monoisotopic (exact) mass is 408 g/mol. The van der Waals surface area contributed by atoms with Crippen molar-refractivity contribution in [3.05, 3.63) is 65.5 Å². The molecule has 2 aromatic heterocycles. The summed E-state index contributed by atoms with van der Waals surface area (Å²) < 4.78 is 46.1. The number of hydrogen-bond donors (Lipinski definition) is 3. The minimum Gasteiger partial charge on any atom is -0.387 e. The van der Waals surface area contributed by atoms with E-state index in [0.717, 1.165) is 23.1 Å². The molecule has 154 valence electrons. The van der Waals surface area contributed by atoms with Crippen LogP contribution in [0.4, 0.5) is 13.2 Å². The average molecular weight is 408 g/mol. The molecule has 0 radical (unpaired) electrons. The van der Waals surface area contributed by atoms with E-state index >= 15 is 0 Å². The molecule has 0 saturated carbocycles. The van der Waals surface area contributed by atoms with E-state index in [4.69, 9.17) is 4.74 Å². The van der Waals surface area contributed by atoms with Crippen LogP contribution in [0, 0.1) is 6.92 Å². The summed E-state index contributed by atoms with van der Waals surface area (Å²) >= 11 is 0. The number of aliphatic hydroxyl groups is 3. The molecule has 1 aromatic carbocycles. The summed E-state index contributed by atoms with van der Waals surface area (Å²) in [4.78, 5) is 4.28. The fraction of sp³-hybridized carbons (Fsp3) is 0.350. The molecule has 3 heterocycles. The number of aryl methyl sites for hydroxylation is 1. The lowest BCUT2D eigenvalue weighted by molar-refractivity contribution is -0.137. The van der Waals surface area contributed by atoms with Crippen molar-refractivity contribution >= 4 is 11.0 Å². The van der Waals surface area contributed by atoms with Gasteiger partial charge in [-0.15, -0.1) is 0 Å². The normalized spacial score (nSPS) is 26.2. The van der Waals surface area contributed by atoms with Gasteiger partial charge in [0.15, 0.2) is 6.23 Å². The molecule has 1 saturated heterocycles. The highest BCUT2D eigenvalue weighted by Crippen LogP contribution is 2.39. The van der Waals surface area contributed by atoms with E-state index in [1.54, 1.807) is 18.5 Å².